The summed E-state index contributed by atoms with van der Waals surface area (Å²) >= 11 is 0. The molecule has 0 atom stereocenters. The predicted molar refractivity (Wildman–Crippen MR) is 55.1 cm³/mol. The number of rotatable bonds is 3. The lowest BCUT2D eigenvalue weighted by molar-refractivity contribution is 0.317. The average Bonchev–Trinajstić information content (AvgIpc) is 2.02. The molecule has 1 N–H and O–H groups in total. The Morgan fingerprint density at radius 1 is 1.00 bits per heavy atom. The number of aliphatic hydroxyl groups is 1. The lowest BCUT2D eigenvalue weighted by Crippen LogP contribution is -2.07. The van der Waals surface area contributed by atoms with Crippen molar-refractivity contribution in [1.29, 1.82) is 0 Å². The van der Waals surface area contributed by atoms with Crippen LogP contribution < -0.4 is 0 Å². The van der Waals surface area contributed by atoms with E-state index in [4.69, 9.17) is 5.11 Å². The zero-order chi connectivity index (χ0) is 8.65. The lowest BCUT2D eigenvalue weighted by Gasteiger charge is -2.17. The zero-order valence-corrected chi connectivity index (χ0v) is 8.10. The molecule has 0 aliphatic heterocycles. The van der Waals surface area contributed by atoms with Crippen molar-refractivity contribution in [2.24, 2.45) is 0 Å². The van der Waals surface area contributed by atoms with Crippen molar-refractivity contribution in [3.8, 4) is 0 Å². The van der Waals surface area contributed by atoms with Crippen LogP contribution in [0.3, 0.4) is 0 Å². The maximum absolute atomic E-state index is 8.72. The minimum atomic E-state index is 0.385. The lowest BCUT2D eigenvalue weighted by atomic mass is 9.58. The standard InChI is InChI=1S/C10H21BO/c12-9-8-11-10-6-4-2-1-3-5-7-10/h10-12H,1-9H2. The van der Waals surface area contributed by atoms with Crippen LogP contribution in [0, 0.1) is 0 Å². The molecule has 1 aliphatic carbocycles. The molecule has 0 radical (unpaired) electrons. The van der Waals surface area contributed by atoms with E-state index in [0.29, 0.717) is 6.61 Å². The zero-order valence-electron chi connectivity index (χ0n) is 8.10. The van der Waals surface area contributed by atoms with E-state index in [1.807, 2.05) is 0 Å². The Bertz CT molecular complexity index is 95.3. The molecule has 1 rings (SSSR count). The smallest absolute Gasteiger partial charge is 0.126 e. The Morgan fingerprint density at radius 3 is 2.17 bits per heavy atom. The fourth-order valence-corrected chi connectivity index (χ4v) is 2.21. The highest BCUT2D eigenvalue weighted by atomic mass is 16.2. The summed E-state index contributed by atoms with van der Waals surface area (Å²) in [4.78, 5) is 0. The molecule has 70 valence electrons. The van der Waals surface area contributed by atoms with E-state index in [1.165, 1.54) is 52.2 Å². The number of aliphatic hydroxyl groups excluding tert-OH is 1. The monoisotopic (exact) mass is 168 g/mol. The summed E-state index contributed by atoms with van der Waals surface area (Å²) in [7, 11) is 1.26. The molecule has 0 aromatic rings. The molecule has 1 aliphatic rings. The molecule has 1 fully saturated rings. The van der Waals surface area contributed by atoms with Gasteiger partial charge in [0.2, 0.25) is 0 Å². The van der Waals surface area contributed by atoms with E-state index >= 15 is 0 Å². The molecule has 1 saturated carbocycles. The summed E-state index contributed by atoms with van der Waals surface area (Å²) in [6.07, 6.45) is 11.0. The first-order valence-corrected chi connectivity index (χ1v) is 5.54. The van der Waals surface area contributed by atoms with Gasteiger partial charge in [-0.1, -0.05) is 57.1 Å². The Hall–Kier alpha value is 0.0249. The highest BCUT2D eigenvalue weighted by molar-refractivity contribution is 6.37. The van der Waals surface area contributed by atoms with Gasteiger partial charge in [0, 0.05) is 6.61 Å². The van der Waals surface area contributed by atoms with E-state index in [9.17, 15) is 0 Å². The molecule has 0 amide bonds. The Balaban J connectivity index is 2.11. The molecular formula is C10H21BO. The van der Waals surface area contributed by atoms with Crippen LogP contribution in [0.15, 0.2) is 0 Å². The molecule has 0 bridgehead atoms. The summed E-state index contributed by atoms with van der Waals surface area (Å²) in [6, 6.07) is 0. The van der Waals surface area contributed by atoms with Gasteiger partial charge in [0.15, 0.2) is 0 Å². The number of hydrogen-bond acceptors (Lipinski definition) is 1. The molecule has 0 aromatic carbocycles. The highest BCUT2D eigenvalue weighted by Crippen LogP contribution is 2.26. The summed E-state index contributed by atoms with van der Waals surface area (Å²) in [5, 5.41) is 8.72. The molecule has 0 spiro atoms. The summed E-state index contributed by atoms with van der Waals surface area (Å²) in [6.45, 7) is 0.385. The fourth-order valence-electron chi connectivity index (χ4n) is 2.21. The van der Waals surface area contributed by atoms with E-state index in [-0.39, 0.29) is 0 Å². The maximum Gasteiger partial charge on any atom is 0.126 e. The molecule has 0 saturated heterocycles. The van der Waals surface area contributed by atoms with Crippen LogP contribution in [0.25, 0.3) is 0 Å². The van der Waals surface area contributed by atoms with E-state index in [0.717, 1.165) is 12.1 Å². The van der Waals surface area contributed by atoms with Gasteiger partial charge in [-0.2, -0.15) is 0 Å². The maximum atomic E-state index is 8.72. The average molecular weight is 168 g/mol. The van der Waals surface area contributed by atoms with Crippen molar-refractivity contribution >= 4 is 7.28 Å². The fraction of sp³-hybridized carbons (Fsp3) is 1.00. The van der Waals surface area contributed by atoms with Crippen LogP contribution in [-0.4, -0.2) is 19.0 Å². The largest absolute Gasteiger partial charge is 0.397 e. The van der Waals surface area contributed by atoms with Gasteiger partial charge in [-0.15, -0.1) is 0 Å². The first-order chi connectivity index (χ1) is 5.93. The molecule has 1 nitrogen and oxygen atoms in total. The number of hydrogen-bond donors (Lipinski definition) is 1. The summed E-state index contributed by atoms with van der Waals surface area (Å²) in [5.41, 5.74) is 0. The second-order valence-corrected chi connectivity index (χ2v) is 4.08. The van der Waals surface area contributed by atoms with Gasteiger partial charge in [0.1, 0.15) is 7.28 Å². The normalized spacial score (nSPS) is 21.4. The summed E-state index contributed by atoms with van der Waals surface area (Å²) < 4.78 is 0. The second kappa shape index (κ2) is 6.53. The van der Waals surface area contributed by atoms with Crippen LogP contribution in [0.5, 0.6) is 0 Å². The van der Waals surface area contributed by atoms with Gasteiger partial charge in [-0.05, 0) is 0 Å². The van der Waals surface area contributed by atoms with Crippen LogP contribution in [-0.2, 0) is 0 Å². The minimum Gasteiger partial charge on any atom is -0.397 e. The molecule has 2 heteroatoms. The van der Waals surface area contributed by atoms with Gasteiger partial charge < -0.3 is 5.11 Å². The van der Waals surface area contributed by atoms with Crippen molar-refractivity contribution in [3.05, 3.63) is 0 Å². The Morgan fingerprint density at radius 2 is 1.58 bits per heavy atom. The van der Waals surface area contributed by atoms with Crippen molar-refractivity contribution in [3.63, 3.8) is 0 Å². The van der Waals surface area contributed by atoms with Crippen LogP contribution in [0.1, 0.15) is 44.9 Å². The molecular weight excluding hydrogens is 147 g/mol. The van der Waals surface area contributed by atoms with Gasteiger partial charge in [0.25, 0.3) is 0 Å². The molecule has 0 aromatic heterocycles. The van der Waals surface area contributed by atoms with Crippen LogP contribution in [0.2, 0.25) is 12.1 Å². The van der Waals surface area contributed by atoms with Crippen molar-refractivity contribution in [2.75, 3.05) is 6.61 Å². The molecule has 0 heterocycles. The molecule has 0 unspecified atom stereocenters. The first-order valence-electron chi connectivity index (χ1n) is 5.54. The SMILES string of the molecule is OCCBC1CCCCCCC1. The van der Waals surface area contributed by atoms with Crippen LogP contribution in [0.4, 0.5) is 0 Å². The van der Waals surface area contributed by atoms with Gasteiger partial charge >= 0.3 is 0 Å². The van der Waals surface area contributed by atoms with Gasteiger partial charge in [-0.25, -0.2) is 0 Å². The van der Waals surface area contributed by atoms with Crippen molar-refractivity contribution < 1.29 is 5.11 Å². The third kappa shape index (κ3) is 4.15. The van der Waals surface area contributed by atoms with E-state index < -0.39 is 0 Å². The first kappa shape index (κ1) is 10.1. The van der Waals surface area contributed by atoms with Gasteiger partial charge in [0.05, 0.1) is 0 Å². The van der Waals surface area contributed by atoms with Crippen molar-refractivity contribution in [1.82, 2.24) is 0 Å². The van der Waals surface area contributed by atoms with E-state index in [2.05, 4.69) is 0 Å². The topological polar surface area (TPSA) is 20.2 Å². The van der Waals surface area contributed by atoms with Gasteiger partial charge in [-0.3, -0.25) is 0 Å². The minimum absolute atomic E-state index is 0.385. The quantitative estimate of drug-likeness (QED) is 0.641. The third-order valence-electron chi connectivity index (χ3n) is 3.00. The predicted octanol–water partition coefficient (Wildman–Crippen LogP) is 2.37. The van der Waals surface area contributed by atoms with Crippen LogP contribution >= 0.6 is 0 Å². The second-order valence-electron chi connectivity index (χ2n) is 4.08. The third-order valence-corrected chi connectivity index (χ3v) is 3.00. The Labute approximate surface area is 76.8 Å². The Kier molecular flexibility index (Phi) is 5.50. The van der Waals surface area contributed by atoms with Crippen molar-refractivity contribution in [2.45, 2.75) is 57.1 Å². The van der Waals surface area contributed by atoms with E-state index in [1.54, 1.807) is 0 Å². The highest BCUT2D eigenvalue weighted by Gasteiger charge is 2.11. The summed E-state index contributed by atoms with van der Waals surface area (Å²) in [5.74, 6) is 0.928. The molecule has 12 heavy (non-hydrogen) atoms.